The van der Waals surface area contributed by atoms with E-state index in [1.807, 2.05) is 37.3 Å². The van der Waals surface area contributed by atoms with Gasteiger partial charge >= 0.3 is 0 Å². The summed E-state index contributed by atoms with van der Waals surface area (Å²) < 4.78 is 0. The van der Waals surface area contributed by atoms with E-state index in [-0.39, 0.29) is 24.2 Å². The smallest absolute Gasteiger partial charge is 0.230 e. The second-order valence-electron chi connectivity index (χ2n) is 6.98. The number of pyridine rings is 1. The van der Waals surface area contributed by atoms with Crippen LogP contribution in [0.2, 0.25) is 0 Å². The van der Waals surface area contributed by atoms with Crippen LogP contribution in [0.4, 0.5) is 11.5 Å². The molecule has 5 heteroatoms. The van der Waals surface area contributed by atoms with E-state index in [0.29, 0.717) is 18.3 Å². The topological polar surface area (TPSA) is 62.3 Å². The third-order valence-corrected chi connectivity index (χ3v) is 5.03. The second kappa shape index (κ2) is 7.68. The van der Waals surface area contributed by atoms with E-state index in [1.54, 1.807) is 11.1 Å². The normalized spacial score (nSPS) is 18.0. The van der Waals surface area contributed by atoms with Gasteiger partial charge in [0.2, 0.25) is 11.8 Å². The van der Waals surface area contributed by atoms with Crippen molar-refractivity contribution in [3.63, 3.8) is 0 Å². The lowest BCUT2D eigenvalue weighted by atomic mass is 9.96. The molecule has 0 saturated carbocycles. The molecule has 1 saturated heterocycles. The number of carbonyl (C=O) groups is 2. The molecule has 1 aromatic carbocycles. The van der Waals surface area contributed by atoms with E-state index in [4.69, 9.17) is 0 Å². The molecule has 1 aliphatic rings. The minimum atomic E-state index is -0.366. The molecule has 136 valence electrons. The highest BCUT2D eigenvalue weighted by Gasteiger charge is 2.36. The van der Waals surface area contributed by atoms with Crippen molar-refractivity contribution in [2.24, 2.45) is 5.92 Å². The summed E-state index contributed by atoms with van der Waals surface area (Å²) in [4.78, 5) is 31.1. The van der Waals surface area contributed by atoms with Crippen LogP contribution in [0.1, 0.15) is 43.7 Å². The Morgan fingerprint density at radius 3 is 2.85 bits per heavy atom. The summed E-state index contributed by atoms with van der Waals surface area (Å²) in [6.45, 7) is 6.65. The van der Waals surface area contributed by atoms with Gasteiger partial charge in [0, 0.05) is 24.8 Å². The first kappa shape index (κ1) is 18.1. The molecule has 1 fully saturated rings. The summed E-state index contributed by atoms with van der Waals surface area (Å²) in [6, 6.07) is 11.7. The number of carbonyl (C=O) groups excluding carboxylic acids is 2. The van der Waals surface area contributed by atoms with Gasteiger partial charge in [-0.25, -0.2) is 4.98 Å². The van der Waals surface area contributed by atoms with Gasteiger partial charge in [-0.05, 0) is 48.6 Å². The number of nitrogens with zero attached hydrogens (tertiary/aromatic N) is 2. The van der Waals surface area contributed by atoms with Gasteiger partial charge in [-0.3, -0.25) is 9.59 Å². The Balaban J connectivity index is 1.76. The van der Waals surface area contributed by atoms with Crippen LogP contribution in [0.3, 0.4) is 0 Å². The summed E-state index contributed by atoms with van der Waals surface area (Å²) in [5.41, 5.74) is 3.11. The van der Waals surface area contributed by atoms with Gasteiger partial charge in [-0.15, -0.1) is 0 Å². The molecule has 3 rings (SSSR count). The van der Waals surface area contributed by atoms with Gasteiger partial charge in [0.15, 0.2) is 0 Å². The van der Waals surface area contributed by atoms with Crippen LogP contribution in [0.15, 0.2) is 42.6 Å². The van der Waals surface area contributed by atoms with Gasteiger partial charge in [-0.2, -0.15) is 0 Å². The number of aryl methyl sites for hydroxylation is 1. The largest absolute Gasteiger partial charge is 0.311 e. The Morgan fingerprint density at radius 1 is 1.35 bits per heavy atom. The third-order valence-electron chi connectivity index (χ3n) is 5.03. The monoisotopic (exact) mass is 351 g/mol. The summed E-state index contributed by atoms with van der Waals surface area (Å²) in [5.74, 6) is 0.372. The third kappa shape index (κ3) is 3.77. The predicted octanol–water partition coefficient (Wildman–Crippen LogP) is 3.90. The Kier molecular flexibility index (Phi) is 5.35. The van der Waals surface area contributed by atoms with Crippen LogP contribution in [0.5, 0.6) is 0 Å². The molecule has 0 radical (unpaired) electrons. The number of amides is 2. The highest BCUT2D eigenvalue weighted by Crippen LogP contribution is 2.33. The molecular weight excluding hydrogens is 326 g/mol. The molecule has 2 heterocycles. The molecule has 2 atom stereocenters. The average Bonchev–Trinajstić information content (AvgIpc) is 3.03. The van der Waals surface area contributed by atoms with Crippen molar-refractivity contribution >= 4 is 23.3 Å². The first-order chi connectivity index (χ1) is 12.5. The van der Waals surface area contributed by atoms with Gasteiger partial charge in [0.1, 0.15) is 5.82 Å². The van der Waals surface area contributed by atoms with Gasteiger partial charge in [0.25, 0.3) is 0 Å². The van der Waals surface area contributed by atoms with Crippen molar-refractivity contribution in [1.82, 2.24) is 4.98 Å². The lowest BCUT2D eigenvalue weighted by Crippen LogP contribution is -2.29. The minimum Gasteiger partial charge on any atom is -0.311 e. The summed E-state index contributed by atoms with van der Waals surface area (Å²) in [7, 11) is 0. The number of anilines is 2. The fraction of sp³-hybridized carbons (Fsp3) is 0.381. The molecule has 26 heavy (non-hydrogen) atoms. The first-order valence-corrected chi connectivity index (χ1v) is 9.12. The summed E-state index contributed by atoms with van der Waals surface area (Å²) >= 11 is 0. The van der Waals surface area contributed by atoms with Crippen LogP contribution in [0, 0.1) is 12.8 Å². The Morgan fingerprint density at radius 2 is 2.12 bits per heavy atom. The second-order valence-corrected chi connectivity index (χ2v) is 6.98. The Bertz CT molecular complexity index is 818. The maximum Gasteiger partial charge on any atom is 0.230 e. The highest BCUT2D eigenvalue weighted by atomic mass is 16.2. The summed E-state index contributed by atoms with van der Waals surface area (Å²) in [6.07, 6.45) is 2.90. The van der Waals surface area contributed by atoms with Crippen molar-refractivity contribution in [2.45, 2.75) is 39.5 Å². The molecule has 0 aliphatic carbocycles. The lowest BCUT2D eigenvalue weighted by molar-refractivity contribution is -0.122. The molecule has 1 aliphatic heterocycles. The maximum atomic E-state index is 12.6. The van der Waals surface area contributed by atoms with Crippen molar-refractivity contribution in [3.8, 4) is 0 Å². The van der Waals surface area contributed by atoms with Crippen LogP contribution < -0.4 is 10.2 Å². The zero-order valence-electron chi connectivity index (χ0n) is 15.5. The first-order valence-electron chi connectivity index (χ1n) is 9.12. The predicted molar refractivity (Wildman–Crippen MR) is 103 cm³/mol. The van der Waals surface area contributed by atoms with E-state index in [1.165, 1.54) is 0 Å². The highest BCUT2D eigenvalue weighted by molar-refractivity contribution is 6.03. The number of hydrogen-bond donors (Lipinski definition) is 1. The minimum absolute atomic E-state index is 0.00176. The zero-order chi connectivity index (χ0) is 18.7. The molecule has 0 bridgehead atoms. The number of rotatable bonds is 5. The van der Waals surface area contributed by atoms with Gasteiger partial charge in [-0.1, -0.05) is 32.0 Å². The van der Waals surface area contributed by atoms with Crippen LogP contribution in [-0.2, 0) is 9.59 Å². The molecule has 5 nitrogen and oxygen atoms in total. The van der Waals surface area contributed by atoms with Crippen molar-refractivity contribution in [3.05, 3.63) is 53.7 Å². The van der Waals surface area contributed by atoms with E-state index < -0.39 is 0 Å². The molecule has 2 amide bonds. The van der Waals surface area contributed by atoms with E-state index in [9.17, 15) is 9.59 Å². The standard InChI is InChI=1S/C21H25N3O2/c1-4-15(3)17-7-5-6-8-18(17)24-13-16(12-20(24)25)21(26)23-19-11-14(2)9-10-22-19/h5-11,15-16H,4,12-13H2,1-3H3,(H,22,23,26). The van der Waals surface area contributed by atoms with Crippen LogP contribution in [-0.4, -0.2) is 23.3 Å². The number of hydrogen-bond acceptors (Lipinski definition) is 3. The lowest BCUT2D eigenvalue weighted by Gasteiger charge is -2.23. The van der Waals surface area contributed by atoms with Gasteiger partial charge in [0.05, 0.1) is 5.92 Å². The Labute approximate surface area is 154 Å². The average molecular weight is 351 g/mol. The summed E-state index contributed by atoms with van der Waals surface area (Å²) in [5, 5.41) is 2.84. The maximum absolute atomic E-state index is 12.6. The van der Waals surface area contributed by atoms with E-state index in [2.05, 4.69) is 30.2 Å². The van der Waals surface area contributed by atoms with Gasteiger partial charge < -0.3 is 10.2 Å². The van der Waals surface area contributed by atoms with Crippen molar-refractivity contribution < 1.29 is 9.59 Å². The van der Waals surface area contributed by atoms with Crippen LogP contribution >= 0.6 is 0 Å². The fourth-order valence-electron chi connectivity index (χ4n) is 3.32. The Hall–Kier alpha value is -2.69. The van der Waals surface area contributed by atoms with E-state index in [0.717, 1.165) is 23.2 Å². The molecule has 1 N–H and O–H groups in total. The van der Waals surface area contributed by atoms with Crippen LogP contribution in [0.25, 0.3) is 0 Å². The number of para-hydroxylation sites is 1. The molecule has 1 aromatic heterocycles. The van der Waals surface area contributed by atoms with Crippen molar-refractivity contribution in [2.75, 3.05) is 16.8 Å². The zero-order valence-corrected chi connectivity index (χ0v) is 15.5. The molecular formula is C21H25N3O2. The molecule has 2 unspecified atom stereocenters. The molecule has 2 aromatic rings. The quantitative estimate of drug-likeness (QED) is 0.889. The number of nitrogens with one attached hydrogen (secondary N) is 1. The fourth-order valence-corrected chi connectivity index (χ4v) is 3.32. The molecule has 0 spiro atoms. The SMILES string of the molecule is CCC(C)c1ccccc1N1CC(C(=O)Nc2cc(C)ccn2)CC1=O. The van der Waals surface area contributed by atoms with Crippen molar-refractivity contribution in [1.29, 1.82) is 0 Å². The van der Waals surface area contributed by atoms with E-state index >= 15 is 0 Å². The number of benzene rings is 1. The number of aromatic nitrogens is 1.